The van der Waals surface area contributed by atoms with Crippen molar-refractivity contribution in [2.24, 2.45) is 0 Å². The van der Waals surface area contributed by atoms with E-state index in [9.17, 15) is 4.79 Å². The summed E-state index contributed by atoms with van der Waals surface area (Å²) in [4.78, 5) is 19.3. The summed E-state index contributed by atoms with van der Waals surface area (Å²) in [5.41, 5.74) is 1.66. The van der Waals surface area contributed by atoms with Crippen molar-refractivity contribution < 1.29 is 13.9 Å². The molecule has 0 bridgehead atoms. The molecule has 1 atom stereocenters. The Bertz CT molecular complexity index is 839. The number of para-hydroxylation sites is 1. The maximum Gasteiger partial charge on any atom is 0.287 e. The second kappa shape index (κ2) is 7.68. The van der Waals surface area contributed by atoms with Crippen LogP contribution in [0.3, 0.4) is 0 Å². The summed E-state index contributed by atoms with van der Waals surface area (Å²) in [6, 6.07) is 15.2. The first kappa shape index (κ1) is 16.8. The maximum atomic E-state index is 12.6. The van der Waals surface area contributed by atoms with E-state index in [1.54, 1.807) is 12.3 Å². The molecule has 6 nitrogen and oxygen atoms in total. The number of ether oxygens (including phenoxy) is 1. The summed E-state index contributed by atoms with van der Waals surface area (Å²) in [6.45, 7) is 3.50. The van der Waals surface area contributed by atoms with E-state index < -0.39 is 0 Å². The number of pyridine rings is 1. The van der Waals surface area contributed by atoms with Crippen LogP contribution in [0, 0.1) is 0 Å². The topological polar surface area (TPSA) is 67.6 Å². The van der Waals surface area contributed by atoms with Crippen molar-refractivity contribution in [3.8, 4) is 0 Å². The van der Waals surface area contributed by atoms with Crippen LogP contribution in [0.15, 0.2) is 59.1 Å². The van der Waals surface area contributed by atoms with E-state index in [2.05, 4.69) is 15.2 Å². The lowest BCUT2D eigenvalue weighted by Gasteiger charge is -2.34. The standard InChI is InChI=1S/C20H21N3O3/c24-20(19-13-15-5-1-2-7-18(15)26-19)22-14-17(16-6-3-4-8-21-16)23-9-11-25-12-10-23/h1-8,13,17H,9-12,14H2,(H,22,24). The summed E-state index contributed by atoms with van der Waals surface area (Å²) in [5.74, 6) is 0.114. The Morgan fingerprint density at radius 2 is 1.96 bits per heavy atom. The number of aromatic nitrogens is 1. The molecule has 1 aromatic carbocycles. The Kier molecular flexibility index (Phi) is 4.95. The molecule has 1 unspecified atom stereocenters. The number of carbonyl (C=O) groups is 1. The molecule has 4 rings (SSSR count). The molecule has 3 heterocycles. The van der Waals surface area contributed by atoms with Crippen LogP contribution in [-0.2, 0) is 4.74 Å². The van der Waals surface area contributed by atoms with Gasteiger partial charge in [-0.1, -0.05) is 24.3 Å². The molecule has 1 N–H and O–H groups in total. The first-order valence-electron chi connectivity index (χ1n) is 8.81. The highest BCUT2D eigenvalue weighted by molar-refractivity contribution is 5.96. The largest absolute Gasteiger partial charge is 0.451 e. The lowest BCUT2D eigenvalue weighted by molar-refractivity contribution is 0.0153. The highest BCUT2D eigenvalue weighted by Crippen LogP contribution is 2.21. The van der Waals surface area contributed by atoms with Gasteiger partial charge in [0.15, 0.2) is 5.76 Å². The number of nitrogens with zero attached hydrogens (tertiary/aromatic N) is 2. The number of furan rings is 1. The van der Waals surface area contributed by atoms with Gasteiger partial charge < -0.3 is 14.5 Å². The number of nitrogens with one attached hydrogen (secondary N) is 1. The summed E-state index contributed by atoms with van der Waals surface area (Å²) in [7, 11) is 0. The third kappa shape index (κ3) is 3.61. The number of morpholine rings is 1. The highest BCUT2D eigenvalue weighted by atomic mass is 16.5. The lowest BCUT2D eigenvalue weighted by atomic mass is 10.1. The zero-order chi connectivity index (χ0) is 17.8. The molecule has 1 aliphatic heterocycles. The Morgan fingerprint density at radius 3 is 2.73 bits per heavy atom. The Balaban J connectivity index is 1.49. The first-order valence-corrected chi connectivity index (χ1v) is 8.81. The summed E-state index contributed by atoms with van der Waals surface area (Å²) in [6.07, 6.45) is 1.78. The molecule has 6 heteroatoms. The minimum atomic E-state index is -0.213. The van der Waals surface area contributed by atoms with Crippen molar-refractivity contribution in [2.45, 2.75) is 6.04 Å². The summed E-state index contributed by atoms with van der Waals surface area (Å²) >= 11 is 0. The molecule has 0 spiro atoms. The van der Waals surface area contributed by atoms with E-state index >= 15 is 0 Å². The Hall–Kier alpha value is -2.70. The van der Waals surface area contributed by atoms with Gasteiger partial charge >= 0.3 is 0 Å². The van der Waals surface area contributed by atoms with E-state index in [4.69, 9.17) is 9.15 Å². The van der Waals surface area contributed by atoms with Gasteiger partial charge in [-0.15, -0.1) is 0 Å². The zero-order valence-electron chi connectivity index (χ0n) is 14.4. The number of hydrogen-bond donors (Lipinski definition) is 1. The van der Waals surface area contributed by atoms with Crippen LogP contribution in [-0.4, -0.2) is 48.6 Å². The smallest absolute Gasteiger partial charge is 0.287 e. The molecule has 2 aromatic heterocycles. The van der Waals surface area contributed by atoms with Crippen molar-refractivity contribution in [1.29, 1.82) is 0 Å². The second-order valence-corrected chi connectivity index (χ2v) is 6.28. The van der Waals surface area contributed by atoms with Gasteiger partial charge in [0.05, 0.1) is 24.9 Å². The number of amides is 1. The summed E-state index contributed by atoms with van der Waals surface area (Å²) < 4.78 is 11.1. The van der Waals surface area contributed by atoms with Crippen molar-refractivity contribution in [1.82, 2.24) is 15.2 Å². The lowest BCUT2D eigenvalue weighted by Crippen LogP contribution is -2.44. The number of carbonyl (C=O) groups excluding carboxylic acids is 1. The SMILES string of the molecule is O=C(NCC(c1ccccn1)N1CCOCC1)c1cc2ccccc2o1. The van der Waals surface area contributed by atoms with Crippen LogP contribution in [0.25, 0.3) is 11.0 Å². The molecule has 3 aromatic rings. The fourth-order valence-corrected chi connectivity index (χ4v) is 3.25. The summed E-state index contributed by atoms with van der Waals surface area (Å²) in [5, 5.41) is 3.92. The zero-order valence-corrected chi connectivity index (χ0v) is 14.4. The molecule has 1 saturated heterocycles. The number of rotatable bonds is 5. The van der Waals surface area contributed by atoms with E-state index in [1.807, 2.05) is 42.5 Å². The third-order valence-electron chi connectivity index (χ3n) is 4.62. The van der Waals surface area contributed by atoms with Gasteiger partial charge in [-0.05, 0) is 24.3 Å². The van der Waals surface area contributed by atoms with Crippen molar-refractivity contribution in [3.63, 3.8) is 0 Å². The van der Waals surface area contributed by atoms with Gasteiger partial charge in [0, 0.05) is 31.2 Å². The minimum absolute atomic E-state index is 0.00780. The molecule has 0 saturated carbocycles. The van der Waals surface area contributed by atoms with Gasteiger partial charge in [0.25, 0.3) is 5.91 Å². The monoisotopic (exact) mass is 351 g/mol. The molecule has 1 fully saturated rings. The van der Waals surface area contributed by atoms with Crippen LogP contribution >= 0.6 is 0 Å². The van der Waals surface area contributed by atoms with Crippen molar-refractivity contribution >= 4 is 16.9 Å². The fraction of sp³-hybridized carbons (Fsp3) is 0.300. The Labute approximate surface area is 151 Å². The second-order valence-electron chi connectivity index (χ2n) is 6.28. The maximum absolute atomic E-state index is 12.6. The van der Waals surface area contributed by atoms with Gasteiger partial charge in [-0.25, -0.2) is 0 Å². The van der Waals surface area contributed by atoms with Crippen LogP contribution < -0.4 is 5.32 Å². The highest BCUT2D eigenvalue weighted by Gasteiger charge is 2.24. The van der Waals surface area contributed by atoms with E-state index in [-0.39, 0.29) is 11.9 Å². The molecular formula is C20H21N3O3. The first-order chi connectivity index (χ1) is 12.8. The number of hydrogen-bond acceptors (Lipinski definition) is 5. The van der Waals surface area contributed by atoms with Gasteiger partial charge in [-0.3, -0.25) is 14.7 Å². The van der Waals surface area contributed by atoms with Crippen molar-refractivity contribution in [2.75, 3.05) is 32.8 Å². The number of fused-ring (bicyclic) bond motifs is 1. The van der Waals surface area contributed by atoms with Crippen molar-refractivity contribution in [3.05, 3.63) is 66.2 Å². The average molecular weight is 351 g/mol. The van der Waals surface area contributed by atoms with Gasteiger partial charge in [-0.2, -0.15) is 0 Å². The quantitative estimate of drug-likeness (QED) is 0.765. The van der Waals surface area contributed by atoms with E-state index in [0.717, 1.165) is 24.2 Å². The average Bonchev–Trinajstić information content (AvgIpc) is 3.14. The number of benzene rings is 1. The minimum Gasteiger partial charge on any atom is -0.451 e. The van der Waals surface area contributed by atoms with Gasteiger partial charge in [0.2, 0.25) is 0 Å². The molecular weight excluding hydrogens is 330 g/mol. The molecule has 0 radical (unpaired) electrons. The van der Waals surface area contributed by atoms with Crippen LogP contribution in [0.5, 0.6) is 0 Å². The van der Waals surface area contributed by atoms with Crippen LogP contribution in [0.4, 0.5) is 0 Å². The van der Waals surface area contributed by atoms with E-state index in [1.165, 1.54) is 0 Å². The molecule has 134 valence electrons. The van der Waals surface area contributed by atoms with Crippen LogP contribution in [0.1, 0.15) is 22.3 Å². The molecule has 1 aliphatic rings. The van der Waals surface area contributed by atoms with E-state index in [0.29, 0.717) is 31.1 Å². The molecule has 1 amide bonds. The fourth-order valence-electron chi connectivity index (χ4n) is 3.25. The molecule has 26 heavy (non-hydrogen) atoms. The molecule has 0 aliphatic carbocycles. The third-order valence-corrected chi connectivity index (χ3v) is 4.62. The van der Waals surface area contributed by atoms with Gasteiger partial charge in [0.1, 0.15) is 5.58 Å². The van der Waals surface area contributed by atoms with Crippen LogP contribution in [0.2, 0.25) is 0 Å². The predicted molar refractivity (Wildman–Crippen MR) is 97.9 cm³/mol. The normalized spacial score (nSPS) is 16.5. The Morgan fingerprint density at radius 1 is 1.15 bits per heavy atom. The predicted octanol–water partition coefficient (Wildman–Crippen LogP) is 2.63.